The van der Waals surface area contributed by atoms with Crippen LogP contribution in [0.5, 0.6) is 0 Å². The molecule has 0 aliphatic rings. The van der Waals surface area contributed by atoms with Crippen LogP contribution in [0.25, 0.3) is 0 Å². The number of halogens is 6. The van der Waals surface area contributed by atoms with Crippen LogP contribution in [0.2, 0.25) is 0 Å². The maximum atomic E-state index is 13.3. The van der Waals surface area contributed by atoms with Gasteiger partial charge in [-0.15, -0.1) is 0 Å². The highest BCUT2D eigenvalue weighted by atomic mass is 79.9. The van der Waals surface area contributed by atoms with E-state index in [-0.39, 0.29) is 0 Å². The molecule has 1 aromatic rings. The van der Waals surface area contributed by atoms with E-state index in [4.69, 9.17) is 0 Å². The third kappa shape index (κ3) is 3.23. The van der Waals surface area contributed by atoms with Gasteiger partial charge in [-0.05, 0) is 13.3 Å². The molecule has 1 unspecified atom stereocenters. The van der Waals surface area contributed by atoms with E-state index in [0.29, 0.717) is 11.8 Å². The van der Waals surface area contributed by atoms with Crippen LogP contribution in [0.4, 0.5) is 22.0 Å². The molecular weight excluding hydrogens is 337 g/mol. The minimum Gasteiger partial charge on any atom is -0.349 e. The molecule has 0 saturated heterocycles. The second kappa shape index (κ2) is 6.31. The molecule has 0 aromatic heterocycles. The zero-order valence-corrected chi connectivity index (χ0v) is 11.3. The van der Waals surface area contributed by atoms with Crippen molar-refractivity contribution in [3.8, 4) is 0 Å². The molecule has 0 aliphatic heterocycles. The number of hydrogen-bond donors (Lipinski definition) is 1. The molecule has 0 spiro atoms. The van der Waals surface area contributed by atoms with Crippen LogP contribution in [0.3, 0.4) is 0 Å². The largest absolute Gasteiger partial charge is 0.349 e. The Labute approximate surface area is 114 Å². The van der Waals surface area contributed by atoms with E-state index in [1.54, 1.807) is 0 Å². The van der Waals surface area contributed by atoms with E-state index in [9.17, 15) is 26.7 Å². The van der Waals surface area contributed by atoms with Crippen molar-refractivity contribution in [2.24, 2.45) is 0 Å². The number of rotatable bonds is 4. The Morgan fingerprint density at radius 3 is 1.89 bits per heavy atom. The Kier molecular flexibility index (Phi) is 5.28. The second-order valence-corrected chi connectivity index (χ2v) is 4.59. The van der Waals surface area contributed by atoms with Crippen molar-refractivity contribution in [1.29, 1.82) is 0 Å². The van der Waals surface area contributed by atoms with Gasteiger partial charge in [-0.2, -0.15) is 0 Å². The standard InChI is InChI=1S/C11H9BrF5NO/c1-4(2-3-12)18-11(19)5-6(13)8(15)10(17)9(16)7(5)14/h4H,2-3H2,1H3,(H,18,19). The molecule has 1 N–H and O–H groups in total. The normalized spacial score (nSPS) is 12.4. The summed E-state index contributed by atoms with van der Waals surface area (Å²) in [4.78, 5) is 11.5. The molecule has 1 amide bonds. The Balaban J connectivity index is 3.17. The van der Waals surface area contributed by atoms with Gasteiger partial charge in [0.2, 0.25) is 5.82 Å². The summed E-state index contributed by atoms with van der Waals surface area (Å²) >= 11 is 3.09. The van der Waals surface area contributed by atoms with E-state index in [1.807, 2.05) is 0 Å². The van der Waals surface area contributed by atoms with Crippen molar-refractivity contribution in [2.75, 3.05) is 5.33 Å². The predicted molar refractivity (Wildman–Crippen MR) is 61.6 cm³/mol. The first-order valence-corrected chi connectivity index (χ1v) is 6.31. The maximum absolute atomic E-state index is 13.3. The quantitative estimate of drug-likeness (QED) is 0.386. The molecule has 1 atom stereocenters. The van der Waals surface area contributed by atoms with Gasteiger partial charge in [0.15, 0.2) is 23.3 Å². The highest BCUT2D eigenvalue weighted by Crippen LogP contribution is 2.23. The fourth-order valence-electron chi connectivity index (χ4n) is 1.34. The second-order valence-electron chi connectivity index (χ2n) is 3.80. The summed E-state index contributed by atoms with van der Waals surface area (Å²) in [7, 11) is 0. The van der Waals surface area contributed by atoms with Crippen LogP contribution < -0.4 is 5.32 Å². The van der Waals surface area contributed by atoms with E-state index in [2.05, 4.69) is 21.2 Å². The average molecular weight is 346 g/mol. The number of carbonyl (C=O) groups excluding carboxylic acids is 1. The smallest absolute Gasteiger partial charge is 0.257 e. The summed E-state index contributed by atoms with van der Waals surface area (Å²) in [6, 6.07) is -0.484. The van der Waals surface area contributed by atoms with Gasteiger partial charge < -0.3 is 5.32 Å². The lowest BCUT2D eigenvalue weighted by atomic mass is 10.1. The zero-order valence-electron chi connectivity index (χ0n) is 9.67. The Bertz CT molecular complexity index is 479. The van der Waals surface area contributed by atoms with Crippen LogP contribution in [-0.2, 0) is 0 Å². The highest BCUT2D eigenvalue weighted by Gasteiger charge is 2.30. The lowest BCUT2D eigenvalue weighted by Gasteiger charge is -2.13. The van der Waals surface area contributed by atoms with E-state index >= 15 is 0 Å². The summed E-state index contributed by atoms with van der Waals surface area (Å²) in [6.45, 7) is 1.53. The number of alkyl halides is 1. The van der Waals surface area contributed by atoms with Crippen molar-refractivity contribution in [1.82, 2.24) is 5.32 Å². The van der Waals surface area contributed by atoms with Crippen LogP contribution in [0.1, 0.15) is 23.7 Å². The zero-order chi connectivity index (χ0) is 14.7. The molecule has 8 heteroatoms. The first-order chi connectivity index (χ1) is 8.81. The number of benzene rings is 1. The number of hydrogen-bond acceptors (Lipinski definition) is 1. The predicted octanol–water partition coefficient (Wildman–Crippen LogP) is 3.29. The average Bonchev–Trinajstić information content (AvgIpc) is 2.34. The molecule has 0 radical (unpaired) electrons. The Hall–Kier alpha value is -1.18. The van der Waals surface area contributed by atoms with Gasteiger partial charge in [-0.1, -0.05) is 15.9 Å². The molecule has 2 nitrogen and oxygen atoms in total. The lowest BCUT2D eigenvalue weighted by Crippen LogP contribution is -2.34. The van der Waals surface area contributed by atoms with Gasteiger partial charge in [0.05, 0.1) is 0 Å². The van der Waals surface area contributed by atoms with Crippen LogP contribution in [0.15, 0.2) is 0 Å². The molecule has 0 saturated carbocycles. The fourth-order valence-corrected chi connectivity index (χ4v) is 2.02. The number of carbonyl (C=O) groups is 1. The maximum Gasteiger partial charge on any atom is 0.257 e. The third-order valence-electron chi connectivity index (χ3n) is 2.36. The number of amides is 1. The van der Waals surface area contributed by atoms with Gasteiger partial charge in [0.25, 0.3) is 5.91 Å². The van der Waals surface area contributed by atoms with Crippen LogP contribution in [-0.4, -0.2) is 17.3 Å². The fraction of sp³-hybridized carbons (Fsp3) is 0.364. The van der Waals surface area contributed by atoms with Gasteiger partial charge in [-0.3, -0.25) is 4.79 Å². The van der Waals surface area contributed by atoms with Crippen LogP contribution >= 0.6 is 15.9 Å². The van der Waals surface area contributed by atoms with E-state index in [1.165, 1.54) is 6.92 Å². The molecular formula is C11H9BrF5NO. The van der Waals surface area contributed by atoms with Crippen molar-refractivity contribution in [3.05, 3.63) is 34.6 Å². The van der Waals surface area contributed by atoms with Crippen molar-refractivity contribution in [3.63, 3.8) is 0 Å². The summed E-state index contributed by atoms with van der Waals surface area (Å²) in [6.07, 6.45) is 0.432. The molecule has 0 bridgehead atoms. The summed E-state index contributed by atoms with van der Waals surface area (Å²) in [5, 5.41) is 2.65. The van der Waals surface area contributed by atoms with Gasteiger partial charge in [0, 0.05) is 11.4 Å². The molecule has 106 valence electrons. The van der Waals surface area contributed by atoms with Crippen molar-refractivity contribution in [2.45, 2.75) is 19.4 Å². The summed E-state index contributed by atoms with van der Waals surface area (Å²) in [5.41, 5.74) is -1.47. The van der Waals surface area contributed by atoms with Gasteiger partial charge in [0.1, 0.15) is 5.56 Å². The first-order valence-electron chi connectivity index (χ1n) is 5.19. The number of nitrogens with one attached hydrogen (secondary N) is 1. The summed E-state index contributed by atoms with van der Waals surface area (Å²) < 4.78 is 65.2. The van der Waals surface area contributed by atoms with Crippen LogP contribution in [0, 0.1) is 29.1 Å². The van der Waals surface area contributed by atoms with E-state index in [0.717, 1.165) is 0 Å². The SMILES string of the molecule is CC(CCBr)NC(=O)c1c(F)c(F)c(F)c(F)c1F. The highest BCUT2D eigenvalue weighted by molar-refractivity contribution is 9.09. The third-order valence-corrected chi connectivity index (χ3v) is 2.81. The molecule has 1 aromatic carbocycles. The minimum absolute atomic E-state index is 0.432. The molecule has 0 heterocycles. The monoisotopic (exact) mass is 345 g/mol. The first kappa shape index (κ1) is 15.9. The summed E-state index contributed by atoms with van der Waals surface area (Å²) in [5.74, 6) is -12.2. The van der Waals surface area contributed by atoms with Crippen molar-refractivity contribution < 1.29 is 26.7 Å². The van der Waals surface area contributed by atoms with Crippen molar-refractivity contribution >= 4 is 21.8 Å². The molecule has 0 fully saturated rings. The van der Waals surface area contributed by atoms with Gasteiger partial charge >= 0.3 is 0 Å². The minimum atomic E-state index is -2.29. The molecule has 0 aliphatic carbocycles. The lowest BCUT2D eigenvalue weighted by molar-refractivity contribution is 0.0927. The molecule has 1 rings (SSSR count). The van der Waals surface area contributed by atoms with Gasteiger partial charge in [-0.25, -0.2) is 22.0 Å². The Morgan fingerprint density at radius 2 is 1.47 bits per heavy atom. The van der Waals surface area contributed by atoms with E-state index < -0.39 is 46.6 Å². The topological polar surface area (TPSA) is 29.1 Å². The Morgan fingerprint density at radius 1 is 1.05 bits per heavy atom. The molecule has 19 heavy (non-hydrogen) atoms.